The van der Waals surface area contributed by atoms with Crippen LogP contribution in [0, 0.1) is 0 Å². The van der Waals surface area contributed by atoms with Crippen molar-refractivity contribution >= 4 is 18.3 Å². The monoisotopic (exact) mass is 258 g/mol. The molecule has 0 bridgehead atoms. The zero-order chi connectivity index (χ0) is 12.0. The van der Waals surface area contributed by atoms with E-state index in [1.54, 1.807) is 19.1 Å². The van der Waals surface area contributed by atoms with Crippen molar-refractivity contribution in [1.82, 2.24) is 4.90 Å². The standard InChI is InChI=1S/C12H18N2O2.ClH/c1-14(12(15)7-8-13)9-10-5-3-4-6-11(10)16-2;/h3-6H,7-9,13H2,1-2H3;1H. The topological polar surface area (TPSA) is 55.6 Å². The van der Waals surface area contributed by atoms with Gasteiger partial charge in [-0.15, -0.1) is 12.4 Å². The molecule has 2 N–H and O–H groups in total. The third-order valence-corrected chi connectivity index (χ3v) is 2.38. The van der Waals surface area contributed by atoms with E-state index in [9.17, 15) is 4.79 Å². The molecule has 0 unspecified atom stereocenters. The summed E-state index contributed by atoms with van der Waals surface area (Å²) in [5.74, 6) is 0.850. The van der Waals surface area contributed by atoms with Gasteiger partial charge in [0.25, 0.3) is 0 Å². The van der Waals surface area contributed by atoms with Crippen LogP contribution >= 0.6 is 12.4 Å². The van der Waals surface area contributed by atoms with Gasteiger partial charge in [-0.05, 0) is 6.07 Å². The number of benzene rings is 1. The van der Waals surface area contributed by atoms with E-state index in [2.05, 4.69) is 0 Å². The van der Waals surface area contributed by atoms with Gasteiger partial charge >= 0.3 is 0 Å². The smallest absolute Gasteiger partial charge is 0.223 e. The Morgan fingerprint density at radius 1 is 1.41 bits per heavy atom. The van der Waals surface area contributed by atoms with Crippen LogP contribution in [-0.4, -0.2) is 31.5 Å². The first-order chi connectivity index (χ1) is 7.69. The van der Waals surface area contributed by atoms with E-state index in [1.165, 1.54) is 0 Å². The molecule has 1 rings (SSSR count). The number of ether oxygens (including phenoxy) is 1. The molecule has 0 aliphatic carbocycles. The number of halogens is 1. The maximum Gasteiger partial charge on any atom is 0.223 e. The van der Waals surface area contributed by atoms with Crippen molar-refractivity contribution in [3.05, 3.63) is 29.8 Å². The largest absolute Gasteiger partial charge is 0.496 e. The molecule has 0 heterocycles. The number of hydrogen-bond acceptors (Lipinski definition) is 3. The highest BCUT2D eigenvalue weighted by molar-refractivity contribution is 5.85. The van der Waals surface area contributed by atoms with Crippen molar-refractivity contribution in [2.24, 2.45) is 5.73 Å². The zero-order valence-electron chi connectivity index (χ0n) is 10.2. The lowest BCUT2D eigenvalue weighted by Crippen LogP contribution is -2.28. The molecule has 96 valence electrons. The first-order valence-corrected chi connectivity index (χ1v) is 5.25. The molecule has 0 radical (unpaired) electrons. The summed E-state index contributed by atoms with van der Waals surface area (Å²) in [6.07, 6.45) is 0.381. The van der Waals surface area contributed by atoms with Gasteiger partial charge in [0.05, 0.1) is 7.11 Å². The lowest BCUT2D eigenvalue weighted by molar-refractivity contribution is -0.130. The van der Waals surface area contributed by atoms with Crippen molar-refractivity contribution in [2.45, 2.75) is 13.0 Å². The Morgan fingerprint density at radius 3 is 2.65 bits per heavy atom. The van der Waals surface area contributed by atoms with E-state index in [0.717, 1.165) is 11.3 Å². The second-order valence-corrected chi connectivity index (χ2v) is 3.60. The van der Waals surface area contributed by atoms with E-state index < -0.39 is 0 Å². The Kier molecular flexibility index (Phi) is 7.34. The second kappa shape index (κ2) is 7.92. The van der Waals surface area contributed by atoms with Crippen LogP contribution in [0.25, 0.3) is 0 Å². The zero-order valence-corrected chi connectivity index (χ0v) is 11.0. The molecule has 0 aliphatic rings. The maximum atomic E-state index is 11.6. The van der Waals surface area contributed by atoms with Crippen molar-refractivity contribution in [3.8, 4) is 5.75 Å². The summed E-state index contributed by atoms with van der Waals surface area (Å²) < 4.78 is 5.22. The summed E-state index contributed by atoms with van der Waals surface area (Å²) in [6, 6.07) is 7.67. The highest BCUT2D eigenvalue weighted by Gasteiger charge is 2.10. The molecule has 0 spiro atoms. The Bertz CT molecular complexity index is 358. The number of methoxy groups -OCH3 is 1. The van der Waals surface area contributed by atoms with Crippen LogP contribution in [0.1, 0.15) is 12.0 Å². The number of rotatable bonds is 5. The fourth-order valence-corrected chi connectivity index (χ4v) is 1.49. The molecule has 0 saturated heterocycles. The lowest BCUT2D eigenvalue weighted by atomic mass is 10.2. The fourth-order valence-electron chi connectivity index (χ4n) is 1.49. The first kappa shape index (κ1) is 15.7. The highest BCUT2D eigenvalue weighted by atomic mass is 35.5. The summed E-state index contributed by atoms with van der Waals surface area (Å²) in [4.78, 5) is 13.2. The molecule has 0 aromatic heterocycles. The molecule has 1 aromatic carbocycles. The average molecular weight is 259 g/mol. The number of carbonyl (C=O) groups excluding carboxylic acids is 1. The Balaban J connectivity index is 0.00000256. The van der Waals surface area contributed by atoms with Gasteiger partial charge in [-0.1, -0.05) is 18.2 Å². The average Bonchev–Trinajstić information content (AvgIpc) is 2.30. The predicted octanol–water partition coefficient (Wildman–Crippen LogP) is 1.42. The normalized spacial score (nSPS) is 9.35. The highest BCUT2D eigenvalue weighted by Crippen LogP contribution is 2.18. The van der Waals surface area contributed by atoms with Gasteiger partial charge in [-0.3, -0.25) is 4.79 Å². The molecule has 1 amide bonds. The molecule has 0 aliphatic heterocycles. The van der Waals surface area contributed by atoms with E-state index >= 15 is 0 Å². The number of nitrogens with two attached hydrogens (primary N) is 1. The van der Waals surface area contributed by atoms with Crippen LogP contribution in [0.2, 0.25) is 0 Å². The number of carbonyl (C=O) groups is 1. The minimum absolute atomic E-state index is 0. The van der Waals surface area contributed by atoms with Crippen molar-refractivity contribution in [1.29, 1.82) is 0 Å². The molecule has 0 saturated carbocycles. The Hall–Kier alpha value is -1.26. The van der Waals surface area contributed by atoms with Crippen molar-refractivity contribution in [2.75, 3.05) is 20.7 Å². The van der Waals surface area contributed by atoms with Gasteiger partial charge in [-0.25, -0.2) is 0 Å². The van der Waals surface area contributed by atoms with Gasteiger partial charge in [0.15, 0.2) is 0 Å². The summed E-state index contributed by atoms with van der Waals surface area (Å²) in [5.41, 5.74) is 6.34. The molecule has 0 atom stereocenters. The van der Waals surface area contributed by atoms with Crippen LogP contribution < -0.4 is 10.5 Å². The minimum Gasteiger partial charge on any atom is -0.496 e. The molecule has 5 heteroatoms. The van der Waals surface area contributed by atoms with Crippen LogP contribution in [-0.2, 0) is 11.3 Å². The molecular weight excluding hydrogens is 240 g/mol. The van der Waals surface area contributed by atoms with Gasteiger partial charge in [0, 0.05) is 32.1 Å². The molecular formula is C12H19ClN2O2. The quantitative estimate of drug-likeness (QED) is 0.869. The summed E-state index contributed by atoms with van der Waals surface area (Å²) in [7, 11) is 3.39. The van der Waals surface area contributed by atoms with Crippen LogP contribution in [0.3, 0.4) is 0 Å². The third-order valence-electron chi connectivity index (χ3n) is 2.38. The summed E-state index contributed by atoms with van der Waals surface area (Å²) in [6.45, 7) is 0.929. The summed E-state index contributed by atoms with van der Waals surface area (Å²) in [5, 5.41) is 0. The molecule has 0 fully saturated rings. The minimum atomic E-state index is 0. The van der Waals surface area contributed by atoms with Crippen LogP contribution in [0.5, 0.6) is 5.75 Å². The van der Waals surface area contributed by atoms with Gasteiger partial charge < -0.3 is 15.4 Å². The van der Waals surface area contributed by atoms with Crippen molar-refractivity contribution in [3.63, 3.8) is 0 Å². The number of hydrogen-bond donors (Lipinski definition) is 1. The number of nitrogens with zero attached hydrogens (tertiary/aromatic N) is 1. The van der Waals surface area contributed by atoms with Crippen LogP contribution in [0.15, 0.2) is 24.3 Å². The Morgan fingerprint density at radius 2 is 2.06 bits per heavy atom. The van der Waals surface area contributed by atoms with Gasteiger partial charge in [0.2, 0.25) is 5.91 Å². The first-order valence-electron chi connectivity index (χ1n) is 5.25. The second-order valence-electron chi connectivity index (χ2n) is 3.60. The maximum absolute atomic E-state index is 11.6. The molecule has 17 heavy (non-hydrogen) atoms. The van der Waals surface area contributed by atoms with E-state index in [4.69, 9.17) is 10.5 Å². The predicted molar refractivity (Wildman–Crippen MR) is 70.4 cm³/mol. The number of amides is 1. The van der Waals surface area contributed by atoms with E-state index in [0.29, 0.717) is 19.5 Å². The van der Waals surface area contributed by atoms with Crippen LogP contribution in [0.4, 0.5) is 0 Å². The third kappa shape index (κ3) is 4.63. The van der Waals surface area contributed by atoms with Gasteiger partial charge in [-0.2, -0.15) is 0 Å². The SMILES string of the molecule is COc1ccccc1CN(C)C(=O)CCN.Cl. The molecule has 4 nitrogen and oxygen atoms in total. The lowest BCUT2D eigenvalue weighted by Gasteiger charge is -2.18. The van der Waals surface area contributed by atoms with Crippen molar-refractivity contribution < 1.29 is 9.53 Å². The van der Waals surface area contributed by atoms with E-state index in [-0.39, 0.29) is 18.3 Å². The Labute approximate surface area is 108 Å². The number of para-hydroxylation sites is 1. The van der Waals surface area contributed by atoms with E-state index in [1.807, 2.05) is 24.3 Å². The fraction of sp³-hybridized carbons (Fsp3) is 0.417. The van der Waals surface area contributed by atoms with Gasteiger partial charge in [0.1, 0.15) is 5.75 Å². The summed E-state index contributed by atoms with van der Waals surface area (Å²) >= 11 is 0. The molecule has 1 aromatic rings.